The Bertz CT molecular complexity index is 225. The number of ether oxygens (including phenoxy) is 1. The molecule has 1 aliphatic heterocycles. The molecule has 1 unspecified atom stereocenters. The first-order valence-electron chi connectivity index (χ1n) is 6.67. The van der Waals surface area contributed by atoms with Crippen molar-refractivity contribution in [2.45, 2.75) is 52.1 Å². The Morgan fingerprint density at radius 2 is 2.12 bits per heavy atom. The lowest BCUT2D eigenvalue weighted by Gasteiger charge is -2.31. The minimum atomic E-state index is -0.283. The van der Waals surface area contributed by atoms with Crippen molar-refractivity contribution in [3.05, 3.63) is 0 Å². The van der Waals surface area contributed by atoms with Gasteiger partial charge < -0.3 is 15.2 Å². The quantitative estimate of drug-likeness (QED) is 0.742. The number of carbonyl (C=O) groups excluding carboxylic acids is 1. The Balaban J connectivity index is 2.40. The van der Waals surface area contributed by atoms with Crippen LogP contribution in [0.2, 0.25) is 0 Å². The molecule has 17 heavy (non-hydrogen) atoms. The summed E-state index contributed by atoms with van der Waals surface area (Å²) >= 11 is 0. The second-order valence-electron chi connectivity index (χ2n) is 4.94. The van der Waals surface area contributed by atoms with Crippen molar-refractivity contribution >= 4 is 5.91 Å². The van der Waals surface area contributed by atoms with E-state index in [4.69, 9.17) is 4.74 Å². The Labute approximate surface area is 104 Å². The van der Waals surface area contributed by atoms with E-state index in [0.717, 1.165) is 32.1 Å². The third-order valence-corrected chi connectivity index (χ3v) is 3.95. The van der Waals surface area contributed by atoms with Crippen molar-refractivity contribution < 1.29 is 14.6 Å². The van der Waals surface area contributed by atoms with E-state index in [9.17, 15) is 9.90 Å². The highest BCUT2D eigenvalue weighted by molar-refractivity contribution is 5.80. The van der Waals surface area contributed by atoms with E-state index in [0.29, 0.717) is 13.2 Å². The van der Waals surface area contributed by atoms with E-state index in [1.54, 1.807) is 0 Å². The van der Waals surface area contributed by atoms with Crippen molar-refractivity contribution in [2.24, 2.45) is 5.41 Å². The second-order valence-corrected chi connectivity index (χ2v) is 4.94. The zero-order valence-electron chi connectivity index (χ0n) is 11.0. The summed E-state index contributed by atoms with van der Waals surface area (Å²) in [5, 5.41) is 12.3. The Morgan fingerprint density at radius 1 is 1.41 bits per heavy atom. The van der Waals surface area contributed by atoms with Crippen molar-refractivity contribution in [2.75, 3.05) is 19.8 Å². The Kier molecular flexibility index (Phi) is 5.92. The molecule has 1 aliphatic rings. The molecule has 1 heterocycles. The molecule has 0 spiro atoms. The Hall–Kier alpha value is -0.610. The van der Waals surface area contributed by atoms with Gasteiger partial charge in [-0.15, -0.1) is 0 Å². The lowest BCUT2D eigenvalue weighted by atomic mass is 9.83. The summed E-state index contributed by atoms with van der Waals surface area (Å²) in [4.78, 5) is 11.9. The summed E-state index contributed by atoms with van der Waals surface area (Å²) in [6.45, 7) is 5.43. The van der Waals surface area contributed by atoms with Crippen LogP contribution in [0.15, 0.2) is 0 Å². The Morgan fingerprint density at radius 3 is 2.59 bits per heavy atom. The lowest BCUT2D eigenvalue weighted by Crippen LogP contribution is -2.44. The SMILES string of the molecule is CCC(CC)(CO)CNC(=O)C1CCCCO1. The molecule has 100 valence electrons. The molecule has 4 heteroatoms. The van der Waals surface area contributed by atoms with Crippen LogP contribution < -0.4 is 5.32 Å². The van der Waals surface area contributed by atoms with Gasteiger partial charge in [0, 0.05) is 18.6 Å². The number of nitrogens with one attached hydrogen (secondary N) is 1. The molecule has 0 saturated carbocycles. The van der Waals surface area contributed by atoms with Gasteiger partial charge in [-0.3, -0.25) is 4.79 Å². The van der Waals surface area contributed by atoms with Gasteiger partial charge in [-0.2, -0.15) is 0 Å². The second kappa shape index (κ2) is 6.97. The molecule has 0 aliphatic carbocycles. The van der Waals surface area contributed by atoms with Crippen LogP contribution >= 0.6 is 0 Å². The number of carbonyl (C=O) groups is 1. The predicted octanol–water partition coefficient (Wildman–Crippen LogP) is 1.47. The van der Waals surface area contributed by atoms with Crippen molar-refractivity contribution in [3.63, 3.8) is 0 Å². The molecule has 0 aromatic heterocycles. The van der Waals surface area contributed by atoms with Crippen LogP contribution in [-0.4, -0.2) is 36.9 Å². The molecular formula is C13H25NO3. The molecule has 1 rings (SSSR count). The fourth-order valence-corrected chi connectivity index (χ4v) is 2.12. The standard InChI is InChI=1S/C13H25NO3/c1-3-13(4-2,10-15)9-14-12(16)11-7-5-6-8-17-11/h11,15H,3-10H2,1-2H3,(H,14,16). The third kappa shape index (κ3) is 3.96. The first kappa shape index (κ1) is 14.5. The monoisotopic (exact) mass is 243 g/mol. The zero-order valence-corrected chi connectivity index (χ0v) is 11.0. The molecule has 2 N–H and O–H groups in total. The molecule has 0 aromatic rings. The molecule has 4 nitrogen and oxygen atoms in total. The molecule has 1 fully saturated rings. The summed E-state index contributed by atoms with van der Waals surface area (Å²) in [5.41, 5.74) is -0.176. The van der Waals surface area contributed by atoms with Gasteiger partial charge in [0.1, 0.15) is 6.10 Å². The number of rotatable bonds is 6. The lowest BCUT2D eigenvalue weighted by molar-refractivity contribution is -0.136. The number of aliphatic hydroxyl groups excluding tert-OH is 1. The average molecular weight is 243 g/mol. The largest absolute Gasteiger partial charge is 0.396 e. The van der Waals surface area contributed by atoms with Crippen LogP contribution in [0.3, 0.4) is 0 Å². The molecular weight excluding hydrogens is 218 g/mol. The topological polar surface area (TPSA) is 58.6 Å². The summed E-state index contributed by atoms with van der Waals surface area (Å²) < 4.78 is 5.43. The molecule has 1 saturated heterocycles. The smallest absolute Gasteiger partial charge is 0.249 e. The summed E-state index contributed by atoms with van der Waals surface area (Å²) in [5.74, 6) is -0.0237. The van der Waals surface area contributed by atoms with Crippen molar-refractivity contribution in [1.82, 2.24) is 5.32 Å². The molecule has 0 radical (unpaired) electrons. The maximum absolute atomic E-state index is 11.9. The van der Waals surface area contributed by atoms with Gasteiger partial charge in [0.2, 0.25) is 5.91 Å². The van der Waals surface area contributed by atoms with Crippen LogP contribution in [0.1, 0.15) is 46.0 Å². The highest BCUT2D eigenvalue weighted by Gasteiger charge is 2.28. The van der Waals surface area contributed by atoms with Gasteiger partial charge in [-0.05, 0) is 32.1 Å². The van der Waals surface area contributed by atoms with Gasteiger partial charge in [0.25, 0.3) is 0 Å². The highest BCUT2D eigenvalue weighted by atomic mass is 16.5. The fraction of sp³-hybridized carbons (Fsp3) is 0.923. The van der Waals surface area contributed by atoms with Crippen LogP contribution in [0, 0.1) is 5.41 Å². The normalized spacial score (nSPS) is 21.2. The minimum absolute atomic E-state index is 0.0237. The van der Waals surface area contributed by atoms with Gasteiger partial charge in [-0.25, -0.2) is 0 Å². The first-order chi connectivity index (χ1) is 8.17. The molecule has 1 atom stereocenters. The van der Waals surface area contributed by atoms with Crippen LogP contribution in [-0.2, 0) is 9.53 Å². The van der Waals surface area contributed by atoms with E-state index in [-0.39, 0.29) is 24.0 Å². The summed E-state index contributed by atoms with van der Waals surface area (Å²) in [7, 11) is 0. The molecule has 0 aromatic carbocycles. The van der Waals surface area contributed by atoms with E-state index in [2.05, 4.69) is 5.32 Å². The van der Waals surface area contributed by atoms with E-state index < -0.39 is 0 Å². The number of aliphatic hydroxyl groups is 1. The van der Waals surface area contributed by atoms with Gasteiger partial charge in [0.05, 0.1) is 6.61 Å². The van der Waals surface area contributed by atoms with Gasteiger partial charge >= 0.3 is 0 Å². The number of amides is 1. The van der Waals surface area contributed by atoms with Gasteiger partial charge in [0.15, 0.2) is 0 Å². The highest BCUT2D eigenvalue weighted by Crippen LogP contribution is 2.24. The van der Waals surface area contributed by atoms with Crippen LogP contribution in [0.25, 0.3) is 0 Å². The third-order valence-electron chi connectivity index (χ3n) is 3.95. The maximum atomic E-state index is 11.9. The molecule has 0 bridgehead atoms. The summed E-state index contributed by atoms with van der Waals surface area (Å²) in [6, 6.07) is 0. The number of hydrogen-bond acceptors (Lipinski definition) is 3. The first-order valence-corrected chi connectivity index (χ1v) is 6.67. The van der Waals surface area contributed by atoms with Crippen molar-refractivity contribution in [3.8, 4) is 0 Å². The van der Waals surface area contributed by atoms with E-state index >= 15 is 0 Å². The van der Waals surface area contributed by atoms with Crippen LogP contribution in [0.4, 0.5) is 0 Å². The van der Waals surface area contributed by atoms with Crippen LogP contribution in [0.5, 0.6) is 0 Å². The molecule has 1 amide bonds. The zero-order chi connectivity index (χ0) is 12.7. The van der Waals surface area contributed by atoms with Gasteiger partial charge in [-0.1, -0.05) is 13.8 Å². The van der Waals surface area contributed by atoms with E-state index in [1.165, 1.54) is 0 Å². The average Bonchev–Trinajstić information content (AvgIpc) is 2.41. The predicted molar refractivity (Wildman–Crippen MR) is 66.7 cm³/mol. The van der Waals surface area contributed by atoms with Crippen molar-refractivity contribution in [1.29, 1.82) is 0 Å². The number of hydrogen-bond donors (Lipinski definition) is 2. The minimum Gasteiger partial charge on any atom is -0.396 e. The maximum Gasteiger partial charge on any atom is 0.249 e. The van der Waals surface area contributed by atoms with E-state index in [1.807, 2.05) is 13.8 Å². The summed E-state index contributed by atoms with van der Waals surface area (Å²) in [6.07, 6.45) is 4.38. The fourth-order valence-electron chi connectivity index (χ4n) is 2.12.